The molecule has 0 spiro atoms. The Morgan fingerprint density at radius 2 is 1.88 bits per heavy atom. The first-order valence-electron chi connectivity index (χ1n) is 7.49. The number of nitrogens with two attached hydrogens (primary N) is 1. The topological polar surface area (TPSA) is 105 Å². The van der Waals surface area contributed by atoms with E-state index in [1.807, 2.05) is 18.2 Å². The molecule has 1 heterocycles. The summed E-state index contributed by atoms with van der Waals surface area (Å²) in [5.41, 5.74) is 7.28. The lowest BCUT2D eigenvalue weighted by atomic mass is 10.1. The second-order valence-corrected chi connectivity index (χ2v) is 5.26. The van der Waals surface area contributed by atoms with Gasteiger partial charge in [0.1, 0.15) is 11.5 Å². The fourth-order valence-corrected chi connectivity index (χ4v) is 2.37. The van der Waals surface area contributed by atoms with Crippen molar-refractivity contribution in [2.24, 2.45) is 5.73 Å². The summed E-state index contributed by atoms with van der Waals surface area (Å²) in [4.78, 5) is 12.6. The van der Waals surface area contributed by atoms with E-state index in [-0.39, 0.29) is 0 Å². The molecule has 0 unspecified atom stereocenters. The SMILES string of the molecule is COc1ccc(OC)c(Cn2nnc(-c3ccc(C(N)=O)cc3)n2)c1. The lowest BCUT2D eigenvalue weighted by Crippen LogP contribution is -2.10. The molecule has 0 aliphatic carbocycles. The normalized spacial score (nSPS) is 10.5. The molecule has 25 heavy (non-hydrogen) atoms. The molecule has 3 aromatic rings. The molecule has 0 bridgehead atoms. The molecule has 2 N–H and O–H groups in total. The molecule has 0 saturated heterocycles. The number of primary amides is 1. The average Bonchev–Trinajstić information content (AvgIpc) is 3.10. The minimum absolute atomic E-state index is 0.382. The number of rotatable bonds is 6. The van der Waals surface area contributed by atoms with E-state index in [0.29, 0.717) is 23.7 Å². The van der Waals surface area contributed by atoms with Crippen LogP contribution in [0, 0.1) is 0 Å². The lowest BCUT2D eigenvalue weighted by molar-refractivity contribution is 0.100. The summed E-state index contributed by atoms with van der Waals surface area (Å²) in [7, 11) is 3.21. The lowest BCUT2D eigenvalue weighted by Gasteiger charge is -2.09. The highest BCUT2D eigenvalue weighted by Crippen LogP contribution is 2.24. The van der Waals surface area contributed by atoms with Gasteiger partial charge >= 0.3 is 0 Å². The smallest absolute Gasteiger partial charge is 0.248 e. The summed E-state index contributed by atoms with van der Waals surface area (Å²) in [6, 6.07) is 12.2. The molecule has 0 aliphatic heterocycles. The Hall–Kier alpha value is -3.42. The number of tetrazole rings is 1. The number of carbonyl (C=O) groups is 1. The van der Waals surface area contributed by atoms with Crippen molar-refractivity contribution < 1.29 is 14.3 Å². The summed E-state index contributed by atoms with van der Waals surface area (Å²) in [5, 5.41) is 12.5. The van der Waals surface area contributed by atoms with Gasteiger partial charge in [0.05, 0.1) is 20.8 Å². The molecule has 1 amide bonds. The van der Waals surface area contributed by atoms with Crippen molar-refractivity contribution >= 4 is 5.91 Å². The van der Waals surface area contributed by atoms with Crippen molar-refractivity contribution in [3.05, 3.63) is 53.6 Å². The maximum Gasteiger partial charge on any atom is 0.248 e. The van der Waals surface area contributed by atoms with Gasteiger partial charge in [-0.2, -0.15) is 4.80 Å². The van der Waals surface area contributed by atoms with Gasteiger partial charge < -0.3 is 15.2 Å². The Balaban J connectivity index is 1.83. The Morgan fingerprint density at radius 3 is 2.52 bits per heavy atom. The van der Waals surface area contributed by atoms with Crippen molar-refractivity contribution in [1.29, 1.82) is 0 Å². The number of methoxy groups -OCH3 is 2. The summed E-state index contributed by atoms with van der Waals surface area (Å²) in [5.74, 6) is 1.41. The molecule has 8 heteroatoms. The van der Waals surface area contributed by atoms with Gasteiger partial charge in [-0.05, 0) is 35.5 Å². The number of carbonyl (C=O) groups excluding carboxylic acids is 1. The highest BCUT2D eigenvalue weighted by Gasteiger charge is 2.11. The maximum atomic E-state index is 11.1. The van der Waals surface area contributed by atoms with Crippen LogP contribution < -0.4 is 15.2 Å². The number of nitrogens with zero attached hydrogens (tertiary/aromatic N) is 4. The number of hydrogen-bond acceptors (Lipinski definition) is 6. The van der Waals surface area contributed by atoms with Crippen LogP contribution in [-0.4, -0.2) is 40.3 Å². The van der Waals surface area contributed by atoms with Crippen molar-refractivity contribution in [1.82, 2.24) is 20.2 Å². The van der Waals surface area contributed by atoms with Crippen LogP contribution >= 0.6 is 0 Å². The minimum atomic E-state index is -0.478. The van der Waals surface area contributed by atoms with E-state index in [1.54, 1.807) is 38.5 Å². The van der Waals surface area contributed by atoms with Crippen LogP contribution in [0.5, 0.6) is 11.5 Å². The minimum Gasteiger partial charge on any atom is -0.497 e. The zero-order valence-corrected chi connectivity index (χ0v) is 13.8. The van der Waals surface area contributed by atoms with Crippen LogP contribution in [0.25, 0.3) is 11.4 Å². The quantitative estimate of drug-likeness (QED) is 0.730. The van der Waals surface area contributed by atoms with Gasteiger partial charge in [0.25, 0.3) is 0 Å². The van der Waals surface area contributed by atoms with Gasteiger partial charge in [0.15, 0.2) is 0 Å². The van der Waals surface area contributed by atoms with Gasteiger partial charge in [0, 0.05) is 16.7 Å². The number of benzene rings is 2. The molecule has 0 atom stereocenters. The fourth-order valence-electron chi connectivity index (χ4n) is 2.37. The molecular formula is C17H17N5O3. The van der Waals surface area contributed by atoms with E-state index in [1.165, 1.54) is 4.80 Å². The van der Waals surface area contributed by atoms with Gasteiger partial charge in [-0.1, -0.05) is 12.1 Å². The average molecular weight is 339 g/mol. The van der Waals surface area contributed by atoms with Crippen LogP contribution in [0.4, 0.5) is 0 Å². The van der Waals surface area contributed by atoms with Gasteiger partial charge in [0.2, 0.25) is 11.7 Å². The first-order chi connectivity index (χ1) is 12.1. The number of hydrogen-bond donors (Lipinski definition) is 1. The van der Waals surface area contributed by atoms with E-state index in [9.17, 15) is 4.79 Å². The van der Waals surface area contributed by atoms with E-state index in [2.05, 4.69) is 15.4 Å². The molecule has 0 fully saturated rings. The van der Waals surface area contributed by atoms with Crippen LogP contribution in [0.15, 0.2) is 42.5 Å². The molecule has 128 valence electrons. The second kappa shape index (κ2) is 7.00. The fraction of sp³-hybridized carbons (Fsp3) is 0.176. The van der Waals surface area contributed by atoms with Crippen molar-refractivity contribution in [3.63, 3.8) is 0 Å². The van der Waals surface area contributed by atoms with Crippen LogP contribution in [0.3, 0.4) is 0 Å². The Morgan fingerprint density at radius 1 is 1.12 bits per heavy atom. The van der Waals surface area contributed by atoms with E-state index >= 15 is 0 Å². The predicted molar refractivity (Wildman–Crippen MR) is 90.4 cm³/mol. The molecule has 0 aliphatic rings. The van der Waals surface area contributed by atoms with Gasteiger partial charge in [-0.15, -0.1) is 10.2 Å². The van der Waals surface area contributed by atoms with E-state index < -0.39 is 5.91 Å². The molecule has 0 radical (unpaired) electrons. The summed E-state index contributed by atoms with van der Waals surface area (Å²) in [6.45, 7) is 0.382. The van der Waals surface area contributed by atoms with Crippen LogP contribution in [0.2, 0.25) is 0 Å². The Labute approximate surface area is 144 Å². The van der Waals surface area contributed by atoms with Crippen molar-refractivity contribution in [3.8, 4) is 22.9 Å². The summed E-state index contributed by atoms with van der Waals surface area (Å²) < 4.78 is 10.6. The zero-order chi connectivity index (χ0) is 17.8. The Bertz CT molecular complexity index is 890. The highest BCUT2D eigenvalue weighted by atomic mass is 16.5. The van der Waals surface area contributed by atoms with Crippen molar-refractivity contribution in [2.75, 3.05) is 14.2 Å². The van der Waals surface area contributed by atoms with Crippen molar-refractivity contribution in [2.45, 2.75) is 6.54 Å². The molecule has 2 aromatic carbocycles. The van der Waals surface area contributed by atoms with Gasteiger partial charge in [-0.25, -0.2) is 0 Å². The van der Waals surface area contributed by atoms with Crippen LogP contribution in [-0.2, 0) is 6.54 Å². The largest absolute Gasteiger partial charge is 0.497 e. The maximum absolute atomic E-state index is 11.1. The number of amides is 1. The third kappa shape index (κ3) is 3.57. The first-order valence-corrected chi connectivity index (χ1v) is 7.49. The zero-order valence-electron chi connectivity index (χ0n) is 13.8. The number of aromatic nitrogens is 4. The number of ether oxygens (including phenoxy) is 2. The molecule has 8 nitrogen and oxygen atoms in total. The monoisotopic (exact) mass is 339 g/mol. The molecule has 1 aromatic heterocycles. The van der Waals surface area contributed by atoms with Gasteiger partial charge in [-0.3, -0.25) is 4.79 Å². The third-order valence-electron chi connectivity index (χ3n) is 3.68. The predicted octanol–water partition coefficient (Wildman–Crippen LogP) is 1.50. The van der Waals surface area contributed by atoms with E-state index in [0.717, 1.165) is 16.9 Å². The third-order valence-corrected chi connectivity index (χ3v) is 3.68. The highest BCUT2D eigenvalue weighted by molar-refractivity contribution is 5.93. The molecule has 0 saturated carbocycles. The van der Waals surface area contributed by atoms with Crippen LogP contribution in [0.1, 0.15) is 15.9 Å². The standard InChI is InChI=1S/C17H17N5O3/c1-24-14-7-8-15(25-2)13(9-14)10-22-20-17(19-21-22)12-5-3-11(4-6-12)16(18)23/h3-9H,10H2,1-2H3,(H2,18,23). The molecular weight excluding hydrogens is 322 g/mol. The summed E-state index contributed by atoms with van der Waals surface area (Å²) >= 11 is 0. The second-order valence-electron chi connectivity index (χ2n) is 5.26. The molecule has 3 rings (SSSR count). The Kier molecular flexibility index (Phi) is 4.60. The van der Waals surface area contributed by atoms with E-state index in [4.69, 9.17) is 15.2 Å². The first kappa shape index (κ1) is 16.4. The summed E-state index contributed by atoms with van der Waals surface area (Å²) in [6.07, 6.45) is 0.